The standard InChI is InChI=1S/C16H28N6S.HI/c1-12(2)22(13(3)4)7-6-18-15(17-5)19-10-14-11-21-8-9-23-16(21)20-14;/h8-9,11-13H,6-7,10H2,1-5H3,(H2,17,18,19);1H. The van der Waals surface area contributed by atoms with Gasteiger partial charge in [-0.2, -0.15) is 0 Å². The van der Waals surface area contributed by atoms with Crippen LogP contribution in [0.1, 0.15) is 33.4 Å². The zero-order chi connectivity index (χ0) is 16.8. The average Bonchev–Trinajstić information content (AvgIpc) is 3.06. The van der Waals surface area contributed by atoms with Crippen LogP contribution in [0, 0.1) is 0 Å². The molecule has 2 aromatic heterocycles. The third-order valence-electron chi connectivity index (χ3n) is 3.79. The van der Waals surface area contributed by atoms with Crippen molar-refractivity contribution < 1.29 is 0 Å². The van der Waals surface area contributed by atoms with E-state index in [0.717, 1.165) is 29.7 Å². The molecule has 24 heavy (non-hydrogen) atoms. The molecule has 0 radical (unpaired) electrons. The van der Waals surface area contributed by atoms with Crippen LogP contribution in [0.25, 0.3) is 4.96 Å². The van der Waals surface area contributed by atoms with Gasteiger partial charge in [-0.1, -0.05) is 0 Å². The van der Waals surface area contributed by atoms with Gasteiger partial charge in [-0.25, -0.2) is 4.98 Å². The van der Waals surface area contributed by atoms with Gasteiger partial charge in [-0.3, -0.25) is 14.3 Å². The Bertz CT molecular complexity index is 597. The van der Waals surface area contributed by atoms with Gasteiger partial charge in [0.25, 0.3) is 0 Å². The first-order chi connectivity index (χ1) is 11.0. The quantitative estimate of drug-likeness (QED) is 0.376. The van der Waals surface area contributed by atoms with Crippen LogP contribution in [0.4, 0.5) is 0 Å². The molecule has 2 N–H and O–H groups in total. The van der Waals surface area contributed by atoms with Crippen molar-refractivity contribution in [3.63, 3.8) is 0 Å². The summed E-state index contributed by atoms with van der Waals surface area (Å²) in [7, 11) is 1.80. The van der Waals surface area contributed by atoms with Gasteiger partial charge in [-0.05, 0) is 27.7 Å². The van der Waals surface area contributed by atoms with Gasteiger partial charge in [0.05, 0.1) is 12.2 Å². The second kappa shape index (κ2) is 10.2. The highest BCUT2D eigenvalue weighted by molar-refractivity contribution is 14.0. The molecular weight excluding hydrogens is 435 g/mol. The molecule has 0 aliphatic carbocycles. The van der Waals surface area contributed by atoms with Gasteiger partial charge in [0.2, 0.25) is 0 Å². The Balaban J connectivity index is 0.00000288. The van der Waals surface area contributed by atoms with Crippen LogP contribution < -0.4 is 10.6 Å². The maximum Gasteiger partial charge on any atom is 0.193 e. The minimum atomic E-state index is 0. The summed E-state index contributed by atoms with van der Waals surface area (Å²) in [6.07, 6.45) is 4.07. The SMILES string of the molecule is CN=C(NCCN(C(C)C)C(C)C)NCc1cn2ccsc2n1.I. The fraction of sp³-hybridized carbons (Fsp3) is 0.625. The number of hydrogen-bond acceptors (Lipinski definition) is 4. The topological polar surface area (TPSA) is 57.0 Å². The molecule has 0 spiro atoms. The summed E-state index contributed by atoms with van der Waals surface area (Å²) in [4.78, 5) is 12.3. The normalized spacial score (nSPS) is 12.2. The maximum absolute atomic E-state index is 4.56. The molecule has 0 saturated heterocycles. The molecule has 136 valence electrons. The predicted octanol–water partition coefficient (Wildman–Crippen LogP) is 2.80. The Morgan fingerprint density at radius 2 is 2.00 bits per heavy atom. The number of rotatable bonds is 7. The zero-order valence-electron chi connectivity index (χ0n) is 15.1. The Morgan fingerprint density at radius 1 is 1.29 bits per heavy atom. The van der Waals surface area contributed by atoms with Gasteiger partial charge in [0.15, 0.2) is 10.9 Å². The number of hydrogen-bond donors (Lipinski definition) is 2. The van der Waals surface area contributed by atoms with Crippen molar-refractivity contribution in [3.8, 4) is 0 Å². The fourth-order valence-electron chi connectivity index (χ4n) is 2.67. The van der Waals surface area contributed by atoms with E-state index in [0.29, 0.717) is 18.6 Å². The van der Waals surface area contributed by atoms with Crippen LogP contribution in [0.15, 0.2) is 22.8 Å². The molecule has 0 amide bonds. The Kier molecular flexibility index (Phi) is 8.99. The lowest BCUT2D eigenvalue weighted by Gasteiger charge is -2.30. The Morgan fingerprint density at radius 3 is 2.58 bits per heavy atom. The number of nitrogens with zero attached hydrogens (tertiary/aromatic N) is 4. The molecular formula is C16H29IN6S. The number of imidazole rings is 1. The first kappa shape index (κ1) is 21.2. The molecule has 0 fully saturated rings. The highest BCUT2D eigenvalue weighted by Gasteiger charge is 2.12. The fourth-order valence-corrected chi connectivity index (χ4v) is 3.39. The molecule has 8 heteroatoms. The van der Waals surface area contributed by atoms with E-state index >= 15 is 0 Å². The number of aliphatic imine (C=N–C) groups is 1. The van der Waals surface area contributed by atoms with Crippen LogP contribution in [-0.4, -0.2) is 52.5 Å². The number of fused-ring (bicyclic) bond motifs is 1. The number of halogens is 1. The molecule has 2 rings (SSSR count). The minimum absolute atomic E-state index is 0. The highest BCUT2D eigenvalue weighted by atomic mass is 127. The molecule has 0 aliphatic heterocycles. The average molecular weight is 464 g/mol. The summed E-state index contributed by atoms with van der Waals surface area (Å²) in [6.45, 7) is 11.5. The van der Waals surface area contributed by atoms with E-state index in [9.17, 15) is 0 Å². The molecule has 0 atom stereocenters. The van der Waals surface area contributed by atoms with Crippen molar-refractivity contribution >= 4 is 46.2 Å². The first-order valence-corrected chi connectivity index (χ1v) is 9.00. The molecule has 2 heterocycles. The summed E-state index contributed by atoms with van der Waals surface area (Å²) >= 11 is 1.64. The molecule has 0 aromatic carbocycles. The van der Waals surface area contributed by atoms with E-state index in [4.69, 9.17) is 0 Å². The molecule has 6 nitrogen and oxygen atoms in total. The number of nitrogens with one attached hydrogen (secondary N) is 2. The smallest absolute Gasteiger partial charge is 0.193 e. The van der Waals surface area contributed by atoms with Gasteiger partial charge < -0.3 is 10.6 Å². The van der Waals surface area contributed by atoms with Crippen molar-refractivity contribution in [2.75, 3.05) is 20.1 Å². The summed E-state index contributed by atoms with van der Waals surface area (Å²) in [5.74, 6) is 0.814. The summed E-state index contributed by atoms with van der Waals surface area (Å²) in [5, 5.41) is 8.73. The lowest BCUT2D eigenvalue weighted by molar-refractivity contribution is 0.178. The van der Waals surface area contributed by atoms with E-state index in [2.05, 4.69) is 53.2 Å². The zero-order valence-corrected chi connectivity index (χ0v) is 18.3. The molecule has 0 bridgehead atoms. The van der Waals surface area contributed by atoms with Gasteiger partial charge in [0, 0.05) is 50.0 Å². The lowest BCUT2D eigenvalue weighted by Crippen LogP contribution is -2.45. The monoisotopic (exact) mass is 464 g/mol. The minimum Gasteiger partial charge on any atom is -0.355 e. The van der Waals surface area contributed by atoms with Crippen LogP contribution >= 0.6 is 35.3 Å². The van der Waals surface area contributed by atoms with Crippen molar-refractivity contribution in [3.05, 3.63) is 23.5 Å². The van der Waals surface area contributed by atoms with E-state index < -0.39 is 0 Å². The van der Waals surface area contributed by atoms with Crippen LogP contribution in [0.3, 0.4) is 0 Å². The molecule has 0 aliphatic rings. The number of thiazole rings is 1. The highest BCUT2D eigenvalue weighted by Crippen LogP contribution is 2.10. The van der Waals surface area contributed by atoms with Gasteiger partial charge in [-0.15, -0.1) is 35.3 Å². The molecule has 2 aromatic rings. The number of guanidine groups is 1. The van der Waals surface area contributed by atoms with Gasteiger partial charge >= 0.3 is 0 Å². The number of aromatic nitrogens is 2. The Hall–Kier alpha value is -0.870. The molecule has 0 saturated carbocycles. The van der Waals surface area contributed by atoms with Crippen molar-refractivity contribution in [1.29, 1.82) is 0 Å². The summed E-state index contributed by atoms with van der Waals surface area (Å²) < 4.78 is 2.04. The third kappa shape index (κ3) is 5.89. The molecule has 0 unspecified atom stereocenters. The van der Waals surface area contributed by atoms with Crippen LogP contribution in [0.2, 0.25) is 0 Å². The van der Waals surface area contributed by atoms with E-state index in [-0.39, 0.29) is 24.0 Å². The van der Waals surface area contributed by atoms with Crippen molar-refractivity contribution in [2.45, 2.75) is 46.3 Å². The van der Waals surface area contributed by atoms with Crippen LogP contribution in [-0.2, 0) is 6.54 Å². The van der Waals surface area contributed by atoms with E-state index in [1.54, 1.807) is 18.4 Å². The second-order valence-corrected chi connectivity index (χ2v) is 6.98. The van der Waals surface area contributed by atoms with Crippen molar-refractivity contribution in [1.82, 2.24) is 24.9 Å². The summed E-state index contributed by atoms with van der Waals surface area (Å²) in [5.41, 5.74) is 1.02. The Labute approximate surface area is 165 Å². The predicted molar refractivity (Wildman–Crippen MR) is 114 cm³/mol. The van der Waals surface area contributed by atoms with E-state index in [1.807, 2.05) is 22.2 Å². The van der Waals surface area contributed by atoms with Gasteiger partial charge in [0.1, 0.15) is 0 Å². The van der Waals surface area contributed by atoms with E-state index in [1.165, 1.54) is 0 Å². The lowest BCUT2D eigenvalue weighted by atomic mass is 10.2. The first-order valence-electron chi connectivity index (χ1n) is 8.12. The largest absolute Gasteiger partial charge is 0.355 e. The maximum atomic E-state index is 4.56. The van der Waals surface area contributed by atoms with Crippen molar-refractivity contribution in [2.24, 2.45) is 4.99 Å². The summed E-state index contributed by atoms with van der Waals surface area (Å²) in [6, 6.07) is 1.09. The van der Waals surface area contributed by atoms with Crippen LogP contribution in [0.5, 0.6) is 0 Å². The third-order valence-corrected chi connectivity index (χ3v) is 4.56. The second-order valence-electron chi connectivity index (χ2n) is 6.10.